The van der Waals surface area contributed by atoms with Crippen LogP contribution in [-0.2, 0) is 13.2 Å². The number of rotatable bonds is 4. The normalized spacial score (nSPS) is 10.3. The van der Waals surface area contributed by atoms with Crippen LogP contribution in [0.5, 0.6) is 0 Å². The maximum absolute atomic E-state index is 13.7. The average molecular weight is 294 g/mol. The highest BCUT2D eigenvalue weighted by molar-refractivity contribution is 6.31. The van der Waals surface area contributed by atoms with E-state index in [4.69, 9.17) is 16.7 Å². The molecule has 0 aromatic heterocycles. The Morgan fingerprint density at radius 3 is 2.45 bits per heavy atom. The zero-order chi connectivity index (χ0) is 14.5. The lowest BCUT2D eigenvalue weighted by Crippen LogP contribution is -2.23. The molecule has 0 bridgehead atoms. The first-order valence-electron chi connectivity index (χ1n) is 6.02. The van der Waals surface area contributed by atoms with E-state index in [-0.39, 0.29) is 23.7 Å². The molecule has 0 spiro atoms. The van der Waals surface area contributed by atoms with Gasteiger partial charge in [-0.2, -0.15) is 0 Å². The van der Waals surface area contributed by atoms with Crippen molar-refractivity contribution in [1.29, 1.82) is 0 Å². The van der Waals surface area contributed by atoms with Crippen molar-refractivity contribution < 1.29 is 14.3 Å². The molecule has 0 radical (unpaired) electrons. The minimum Gasteiger partial charge on any atom is -0.392 e. The van der Waals surface area contributed by atoms with Gasteiger partial charge >= 0.3 is 0 Å². The molecular formula is C15H13ClFNO2. The number of aliphatic hydroxyl groups excluding tert-OH is 1. The fourth-order valence-electron chi connectivity index (χ4n) is 1.72. The molecule has 2 aromatic rings. The zero-order valence-corrected chi connectivity index (χ0v) is 11.3. The molecule has 20 heavy (non-hydrogen) atoms. The molecule has 0 heterocycles. The van der Waals surface area contributed by atoms with E-state index in [1.165, 1.54) is 18.2 Å². The zero-order valence-electron chi connectivity index (χ0n) is 10.6. The van der Waals surface area contributed by atoms with E-state index in [1.807, 2.05) is 0 Å². The van der Waals surface area contributed by atoms with E-state index in [2.05, 4.69) is 5.32 Å². The van der Waals surface area contributed by atoms with Crippen LogP contribution < -0.4 is 5.32 Å². The fraction of sp³-hybridized carbons (Fsp3) is 0.133. The molecule has 1 amide bonds. The van der Waals surface area contributed by atoms with Crippen LogP contribution >= 0.6 is 11.6 Å². The van der Waals surface area contributed by atoms with E-state index >= 15 is 0 Å². The van der Waals surface area contributed by atoms with Gasteiger partial charge in [0, 0.05) is 6.54 Å². The number of hydrogen-bond acceptors (Lipinski definition) is 2. The second kappa shape index (κ2) is 6.50. The molecule has 2 rings (SSSR count). The Balaban J connectivity index is 2.02. The maximum Gasteiger partial charge on any atom is 0.254 e. The molecule has 2 aromatic carbocycles. The molecule has 0 fully saturated rings. The number of amides is 1. The summed E-state index contributed by atoms with van der Waals surface area (Å²) in [6.07, 6.45) is 0. The lowest BCUT2D eigenvalue weighted by atomic mass is 10.1. The third kappa shape index (κ3) is 3.35. The molecule has 2 N–H and O–H groups in total. The van der Waals surface area contributed by atoms with Crippen molar-refractivity contribution in [1.82, 2.24) is 5.32 Å². The molecular weight excluding hydrogens is 281 g/mol. The van der Waals surface area contributed by atoms with Crippen molar-refractivity contribution in [2.75, 3.05) is 0 Å². The Labute approximate surface area is 121 Å². The van der Waals surface area contributed by atoms with Crippen LogP contribution in [0.1, 0.15) is 21.5 Å². The van der Waals surface area contributed by atoms with Crippen LogP contribution in [0.3, 0.4) is 0 Å². The van der Waals surface area contributed by atoms with E-state index in [1.54, 1.807) is 24.3 Å². The van der Waals surface area contributed by atoms with Crippen molar-refractivity contribution >= 4 is 17.5 Å². The molecule has 3 nitrogen and oxygen atoms in total. The third-order valence-electron chi connectivity index (χ3n) is 2.85. The number of benzene rings is 2. The monoisotopic (exact) mass is 293 g/mol. The van der Waals surface area contributed by atoms with Gasteiger partial charge < -0.3 is 10.4 Å². The first-order chi connectivity index (χ1) is 9.61. The molecule has 0 atom stereocenters. The highest BCUT2D eigenvalue weighted by Gasteiger charge is 2.13. The fourth-order valence-corrected chi connectivity index (χ4v) is 1.89. The maximum atomic E-state index is 13.7. The van der Waals surface area contributed by atoms with Gasteiger partial charge in [-0.05, 0) is 23.3 Å². The summed E-state index contributed by atoms with van der Waals surface area (Å²) in [5.41, 5.74) is 1.57. The van der Waals surface area contributed by atoms with Gasteiger partial charge in [-0.25, -0.2) is 4.39 Å². The summed E-state index contributed by atoms with van der Waals surface area (Å²) in [6, 6.07) is 11.4. The minimum absolute atomic E-state index is 0.0274. The summed E-state index contributed by atoms with van der Waals surface area (Å²) >= 11 is 5.63. The summed E-state index contributed by atoms with van der Waals surface area (Å²) in [5.74, 6) is -1.24. The van der Waals surface area contributed by atoms with Crippen molar-refractivity contribution in [3.63, 3.8) is 0 Å². The quantitative estimate of drug-likeness (QED) is 0.910. The Morgan fingerprint density at radius 2 is 1.80 bits per heavy atom. The van der Waals surface area contributed by atoms with Gasteiger partial charge in [0.1, 0.15) is 0 Å². The number of carbonyl (C=O) groups excluding carboxylic acids is 1. The predicted octanol–water partition coefficient (Wildman–Crippen LogP) is 2.90. The van der Waals surface area contributed by atoms with Crippen LogP contribution in [0.15, 0.2) is 42.5 Å². The summed E-state index contributed by atoms with van der Waals surface area (Å²) in [5, 5.41) is 11.5. The molecule has 0 saturated heterocycles. The van der Waals surface area contributed by atoms with Crippen molar-refractivity contribution in [3.05, 3.63) is 70.0 Å². The Kier molecular flexibility index (Phi) is 4.71. The summed E-state index contributed by atoms with van der Waals surface area (Å²) in [4.78, 5) is 11.9. The summed E-state index contributed by atoms with van der Waals surface area (Å²) < 4.78 is 13.7. The Bertz CT molecular complexity index is 614. The van der Waals surface area contributed by atoms with Crippen LogP contribution in [0.4, 0.5) is 4.39 Å². The SMILES string of the molecule is O=C(NCc1ccc(CO)cc1)c1cccc(Cl)c1F. The first kappa shape index (κ1) is 14.5. The number of hydrogen-bond donors (Lipinski definition) is 2. The first-order valence-corrected chi connectivity index (χ1v) is 6.40. The topological polar surface area (TPSA) is 49.3 Å². The summed E-state index contributed by atoms with van der Waals surface area (Å²) in [6.45, 7) is 0.247. The highest BCUT2D eigenvalue weighted by Crippen LogP contribution is 2.17. The van der Waals surface area contributed by atoms with E-state index in [0.717, 1.165) is 11.1 Å². The second-order valence-corrected chi connectivity index (χ2v) is 4.67. The van der Waals surface area contributed by atoms with Gasteiger partial charge in [-0.1, -0.05) is 41.9 Å². The standard InChI is InChI=1S/C15H13ClFNO2/c16-13-3-1-2-12(14(13)17)15(20)18-8-10-4-6-11(9-19)7-5-10/h1-7,19H,8-9H2,(H,18,20). The number of halogens is 2. The molecule has 0 unspecified atom stereocenters. The molecule has 0 aliphatic rings. The van der Waals surface area contributed by atoms with Gasteiger partial charge in [0.2, 0.25) is 0 Å². The van der Waals surface area contributed by atoms with E-state index in [0.29, 0.717) is 0 Å². The van der Waals surface area contributed by atoms with E-state index < -0.39 is 11.7 Å². The van der Waals surface area contributed by atoms with Crippen LogP contribution in [0.2, 0.25) is 5.02 Å². The van der Waals surface area contributed by atoms with Gasteiger partial charge in [0.15, 0.2) is 5.82 Å². The highest BCUT2D eigenvalue weighted by atomic mass is 35.5. The Morgan fingerprint density at radius 1 is 1.15 bits per heavy atom. The number of aliphatic hydroxyl groups is 1. The van der Waals surface area contributed by atoms with Crippen LogP contribution in [0, 0.1) is 5.82 Å². The Hall–Kier alpha value is -1.91. The summed E-state index contributed by atoms with van der Waals surface area (Å²) in [7, 11) is 0. The molecule has 0 aliphatic heterocycles. The molecule has 0 saturated carbocycles. The lowest BCUT2D eigenvalue weighted by molar-refractivity contribution is 0.0947. The van der Waals surface area contributed by atoms with Crippen molar-refractivity contribution in [2.24, 2.45) is 0 Å². The smallest absolute Gasteiger partial charge is 0.254 e. The van der Waals surface area contributed by atoms with Crippen molar-refractivity contribution in [3.8, 4) is 0 Å². The van der Waals surface area contributed by atoms with Gasteiger partial charge in [-0.15, -0.1) is 0 Å². The molecule has 104 valence electrons. The van der Waals surface area contributed by atoms with Gasteiger partial charge in [-0.3, -0.25) is 4.79 Å². The number of carbonyl (C=O) groups is 1. The third-order valence-corrected chi connectivity index (χ3v) is 3.15. The van der Waals surface area contributed by atoms with Gasteiger partial charge in [0.05, 0.1) is 17.2 Å². The second-order valence-electron chi connectivity index (χ2n) is 4.26. The van der Waals surface area contributed by atoms with Crippen LogP contribution in [0.25, 0.3) is 0 Å². The number of nitrogens with one attached hydrogen (secondary N) is 1. The largest absolute Gasteiger partial charge is 0.392 e. The molecule has 5 heteroatoms. The predicted molar refractivity (Wildman–Crippen MR) is 74.9 cm³/mol. The lowest BCUT2D eigenvalue weighted by Gasteiger charge is -2.07. The minimum atomic E-state index is -0.720. The average Bonchev–Trinajstić information content (AvgIpc) is 2.48. The van der Waals surface area contributed by atoms with Gasteiger partial charge in [0.25, 0.3) is 5.91 Å². The van der Waals surface area contributed by atoms with Crippen LogP contribution in [-0.4, -0.2) is 11.0 Å². The van der Waals surface area contributed by atoms with Crippen molar-refractivity contribution in [2.45, 2.75) is 13.2 Å². The molecule has 0 aliphatic carbocycles. The van der Waals surface area contributed by atoms with E-state index in [9.17, 15) is 9.18 Å².